The monoisotopic (exact) mass is 834 g/mol. The number of carbonyl (C=O) groups excluding carboxylic acids is 4. The molecule has 1 saturated heterocycles. The highest BCUT2D eigenvalue weighted by Gasteiger charge is 2.43. The number of nitrogens with one attached hydrogen (secondary N) is 1. The molecule has 0 radical (unpaired) electrons. The van der Waals surface area contributed by atoms with E-state index in [1.165, 1.54) is 21.7 Å². The number of halogens is 3. The van der Waals surface area contributed by atoms with Gasteiger partial charge in [-0.15, -0.1) is 0 Å². The molecule has 0 spiro atoms. The first kappa shape index (κ1) is 44.3. The van der Waals surface area contributed by atoms with Gasteiger partial charge in [0.05, 0.1) is 12.6 Å². The van der Waals surface area contributed by atoms with Crippen molar-refractivity contribution >= 4 is 75.5 Å². The Morgan fingerprint density at radius 3 is 2.23 bits per heavy atom. The fraction of sp³-hybridized carbons (Fsp3) is 0.475. The van der Waals surface area contributed by atoms with Gasteiger partial charge in [-0.25, -0.2) is 14.4 Å². The lowest BCUT2D eigenvalue weighted by Crippen LogP contribution is -2.65. The molecule has 56 heavy (non-hydrogen) atoms. The summed E-state index contributed by atoms with van der Waals surface area (Å²) >= 11 is 17.4. The topological polar surface area (TPSA) is 155 Å². The molecule has 1 aliphatic rings. The summed E-state index contributed by atoms with van der Waals surface area (Å²) in [6.45, 7) is 7.89. The zero-order chi connectivity index (χ0) is 41.4. The van der Waals surface area contributed by atoms with Gasteiger partial charge in [-0.05, 0) is 61.9 Å². The van der Waals surface area contributed by atoms with Crippen molar-refractivity contribution in [2.24, 2.45) is 5.92 Å². The fourth-order valence-corrected chi connectivity index (χ4v) is 6.49. The minimum Gasteiger partial charge on any atom is -0.491 e. The van der Waals surface area contributed by atoms with Crippen LogP contribution in [0.2, 0.25) is 0 Å². The van der Waals surface area contributed by atoms with Crippen LogP contribution in [-0.2, 0) is 25.5 Å². The molecule has 0 bridgehead atoms. The Balaban J connectivity index is 1.67. The van der Waals surface area contributed by atoms with E-state index >= 15 is 0 Å². The van der Waals surface area contributed by atoms with E-state index in [9.17, 15) is 29.1 Å². The van der Waals surface area contributed by atoms with Gasteiger partial charge in [-0.1, -0.05) is 109 Å². The van der Waals surface area contributed by atoms with Crippen molar-refractivity contribution in [2.75, 3.05) is 39.9 Å². The van der Waals surface area contributed by atoms with Gasteiger partial charge >= 0.3 is 18.2 Å². The predicted molar refractivity (Wildman–Crippen MR) is 214 cm³/mol. The molecule has 0 aromatic heterocycles. The van der Waals surface area contributed by atoms with E-state index in [2.05, 4.69) is 5.32 Å². The number of piperazine rings is 1. The summed E-state index contributed by atoms with van der Waals surface area (Å²) in [5, 5.41) is 14.4. The molecule has 4 rings (SSSR count). The number of ether oxygens (including phenoxy) is 3. The Kier molecular flexibility index (Phi) is 15.1. The van der Waals surface area contributed by atoms with Crippen molar-refractivity contribution < 1.29 is 43.3 Å². The Morgan fingerprint density at radius 2 is 1.61 bits per heavy atom. The van der Waals surface area contributed by atoms with Crippen LogP contribution in [0.15, 0.2) is 66.7 Å². The van der Waals surface area contributed by atoms with Gasteiger partial charge in [0.1, 0.15) is 42.2 Å². The number of carboxylic acids is 1. The normalized spacial score (nSPS) is 15.9. The van der Waals surface area contributed by atoms with Gasteiger partial charge < -0.3 is 34.4 Å². The van der Waals surface area contributed by atoms with E-state index in [4.69, 9.17) is 49.0 Å². The number of alkyl halides is 3. The summed E-state index contributed by atoms with van der Waals surface area (Å²) in [6.07, 6.45) is -1.03. The number of hydrogen-bond acceptors (Lipinski definition) is 8. The summed E-state index contributed by atoms with van der Waals surface area (Å²) in [4.78, 5) is 71.7. The zero-order valence-corrected chi connectivity index (χ0v) is 34.6. The number of fused-ring (bicyclic) bond motifs is 1. The molecular formula is C40H49Cl3N4O9. The molecule has 16 heteroatoms. The second kappa shape index (κ2) is 19.1. The van der Waals surface area contributed by atoms with E-state index in [1.807, 2.05) is 50.2 Å². The quantitative estimate of drug-likeness (QED) is 0.174. The number of hydrogen-bond donors (Lipinski definition) is 2. The molecule has 0 aliphatic carbocycles. The maximum Gasteiger partial charge on any atom is 0.410 e. The second-order valence-electron chi connectivity index (χ2n) is 15.1. The van der Waals surface area contributed by atoms with Crippen molar-refractivity contribution in [3.05, 3.63) is 77.9 Å². The molecule has 13 nitrogen and oxygen atoms in total. The Bertz CT molecular complexity index is 1870. The summed E-state index contributed by atoms with van der Waals surface area (Å²) in [5.74, 6) is -2.23. The molecule has 0 saturated carbocycles. The first-order valence-corrected chi connectivity index (χ1v) is 19.3. The van der Waals surface area contributed by atoms with E-state index < -0.39 is 64.1 Å². The molecule has 2 unspecified atom stereocenters. The SMILES string of the molecule is CC(C)CC(C(=O)N1CCN(C(=O)OCC(Cl)(Cl)Cl)C[C@@H]1C(=O)NC(COc1ccc2ccccc2c1C(=O)O)Cc1ccccc1)N(C)C(=O)OC(C)(C)C. The third kappa shape index (κ3) is 12.5. The number of nitrogens with zero attached hydrogens (tertiary/aromatic N) is 3. The third-order valence-corrected chi connectivity index (χ3v) is 9.26. The van der Waals surface area contributed by atoms with Crippen molar-refractivity contribution in [2.45, 2.75) is 75.0 Å². The molecule has 304 valence electrons. The fourth-order valence-electron chi connectivity index (χ4n) is 6.33. The smallest absolute Gasteiger partial charge is 0.410 e. The minimum absolute atomic E-state index is 0.0186. The van der Waals surface area contributed by atoms with Crippen LogP contribution < -0.4 is 10.1 Å². The first-order valence-electron chi connectivity index (χ1n) is 18.2. The van der Waals surface area contributed by atoms with Crippen LogP contribution in [0.1, 0.15) is 57.0 Å². The summed E-state index contributed by atoms with van der Waals surface area (Å²) in [5.41, 5.74) is 0.000261. The van der Waals surface area contributed by atoms with Crippen LogP contribution in [0, 0.1) is 5.92 Å². The molecular weight excluding hydrogens is 787 g/mol. The number of benzene rings is 3. The highest BCUT2D eigenvalue weighted by atomic mass is 35.6. The highest BCUT2D eigenvalue weighted by Crippen LogP contribution is 2.29. The van der Waals surface area contributed by atoms with Crippen LogP contribution in [-0.4, -0.2) is 117 Å². The number of carboxylic acid groups (broad SMARTS) is 1. The summed E-state index contributed by atoms with van der Waals surface area (Å²) in [7, 11) is 1.48. The van der Waals surface area contributed by atoms with Crippen molar-refractivity contribution in [1.82, 2.24) is 20.0 Å². The molecule has 2 N–H and O–H groups in total. The Hall–Kier alpha value is -4.46. The zero-order valence-electron chi connectivity index (χ0n) is 32.3. The summed E-state index contributed by atoms with van der Waals surface area (Å²) < 4.78 is 15.1. The van der Waals surface area contributed by atoms with Gasteiger partial charge in [-0.2, -0.15) is 0 Å². The van der Waals surface area contributed by atoms with E-state index in [1.54, 1.807) is 51.1 Å². The molecule has 1 fully saturated rings. The number of aromatic carboxylic acids is 1. The minimum atomic E-state index is -1.88. The molecule has 3 atom stereocenters. The third-order valence-electron chi connectivity index (χ3n) is 8.93. The molecule has 1 heterocycles. The van der Waals surface area contributed by atoms with Gasteiger partial charge in [0.2, 0.25) is 15.6 Å². The Labute approximate surface area is 342 Å². The maximum absolute atomic E-state index is 14.5. The van der Waals surface area contributed by atoms with Gasteiger partial charge in [0.15, 0.2) is 0 Å². The van der Waals surface area contributed by atoms with Crippen LogP contribution in [0.3, 0.4) is 0 Å². The lowest BCUT2D eigenvalue weighted by Gasteiger charge is -2.43. The molecule has 1 aliphatic heterocycles. The number of rotatable bonds is 13. The van der Waals surface area contributed by atoms with Crippen LogP contribution >= 0.6 is 34.8 Å². The number of amides is 4. The van der Waals surface area contributed by atoms with Crippen LogP contribution in [0.4, 0.5) is 9.59 Å². The average molecular weight is 836 g/mol. The van der Waals surface area contributed by atoms with Gasteiger partial charge in [-0.3, -0.25) is 14.5 Å². The molecule has 3 aromatic carbocycles. The predicted octanol–water partition coefficient (Wildman–Crippen LogP) is 6.95. The van der Waals surface area contributed by atoms with Crippen molar-refractivity contribution in [3.8, 4) is 5.75 Å². The lowest BCUT2D eigenvalue weighted by atomic mass is 9.99. The second-order valence-corrected chi connectivity index (χ2v) is 17.6. The van der Waals surface area contributed by atoms with Crippen molar-refractivity contribution in [1.29, 1.82) is 0 Å². The van der Waals surface area contributed by atoms with Gasteiger partial charge in [0, 0.05) is 20.1 Å². The largest absolute Gasteiger partial charge is 0.491 e. The van der Waals surface area contributed by atoms with E-state index in [0.29, 0.717) is 5.39 Å². The lowest BCUT2D eigenvalue weighted by molar-refractivity contribution is -0.148. The van der Waals surface area contributed by atoms with Crippen LogP contribution in [0.25, 0.3) is 10.8 Å². The standard InChI is InChI=1S/C40H49Cl3N4O9/c1-25(2)20-30(45(6)37(52)56-39(3,4)5)35(49)47-19-18-46(38(53)55-24-40(41,42)43)22-31(47)34(48)44-28(21-26-12-8-7-9-13-26)23-54-32-17-16-27-14-10-11-15-29(27)33(32)36(50)51/h7-17,25,28,30-31H,18-24H2,1-6H3,(H,44,48)(H,50,51)/t28?,30?,31-/m1/s1. The van der Waals surface area contributed by atoms with Crippen LogP contribution in [0.5, 0.6) is 5.75 Å². The average Bonchev–Trinajstić information content (AvgIpc) is 3.13. The van der Waals surface area contributed by atoms with E-state index in [-0.39, 0.29) is 56.3 Å². The summed E-state index contributed by atoms with van der Waals surface area (Å²) in [6, 6.07) is 16.7. The Morgan fingerprint density at radius 1 is 0.946 bits per heavy atom. The van der Waals surface area contributed by atoms with Gasteiger partial charge in [0.25, 0.3) is 0 Å². The maximum atomic E-state index is 14.5. The molecule has 3 aromatic rings. The number of likely N-dealkylation sites (N-methyl/N-ethyl adjacent to an activating group) is 1. The number of carbonyl (C=O) groups is 5. The first-order chi connectivity index (χ1) is 26.2. The van der Waals surface area contributed by atoms with E-state index in [0.717, 1.165) is 10.9 Å². The van der Waals surface area contributed by atoms with Crippen molar-refractivity contribution in [3.63, 3.8) is 0 Å². The highest BCUT2D eigenvalue weighted by molar-refractivity contribution is 6.67. The molecule has 4 amide bonds.